The average Bonchev–Trinajstić information content (AvgIpc) is 3.16. The molecule has 1 amide bonds. The Morgan fingerprint density at radius 3 is 2.62 bits per heavy atom. The van der Waals surface area contributed by atoms with Crippen LogP contribution in [0.5, 0.6) is 0 Å². The third-order valence-electron chi connectivity index (χ3n) is 5.41. The van der Waals surface area contributed by atoms with Gasteiger partial charge in [0.1, 0.15) is 11.4 Å². The maximum absolute atomic E-state index is 13.1. The lowest BCUT2D eigenvalue weighted by Gasteiger charge is -2.23. The molecule has 1 N–H and O–H groups in total. The van der Waals surface area contributed by atoms with Crippen LogP contribution in [-0.2, 0) is 4.79 Å². The third-order valence-corrected chi connectivity index (χ3v) is 5.41. The standard InChI is InChI=1S/C20H21FN2O/c1-23-12-11-20(19(23)24)10-9-18(22-20)16-4-2-3-15(13-16)14-5-7-17(21)8-6-14/h2-8,13,18,22H,9-12H2,1H3/t18-,20-/m0/s1. The van der Waals surface area contributed by atoms with Crippen LogP contribution >= 0.6 is 0 Å². The van der Waals surface area contributed by atoms with Crippen LogP contribution in [0, 0.1) is 5.82 Å². The summed E-state index contributed by atoms with van der Waals surface area (Å²) in [5, 5.41) is 3.60. The largest absolute Gasteiger partial charge is 0.344 e. The molecule has 1 spiro atoms. The smallest absolute Gasteiger partial charge is 0.242 e. The summed E-state index contributed by atoms with van der Waals surface area (Å²) in [4.78, 5) is 14.3. The molecule has 2 aliphatic heterocycles. The molecule has 2 fully saturated rings. The van der Waals surface area contributed by atoms with Crippen molar-refractivity contribution >= 4 is 5.91 Å². The Hall–Kier alpha value is -2.20. The molecule has 2 atom stereocenters. The third kappa shape index (κ3) is 2.51. The molecule has 4 rings (SSSR count). The number of halogens is 1. The zero-order valence-electron chi connectivity index (χ0n) is 13.8. The van der Waals surface area contributed by atoms with Crippen molar-refractivity contribution in [3.63, 3.8) is 0 Å². The zero-order chi connectivity index (χ0) is 16.7. The number of benzene rings is 2. The maximum atomic E-state index is 13.1. The first-order valence-corrected chi connectivity index (χ1v) is 8.47. The van der Waals surface area contributed by atoms with E-state index in [1.165, 1.54) is 17.7 Å². The van der Waals surface area contributed by atoms with E-state index in [1.54, 1.807) is 12.1 Å². The van der Waals surface area contributed by atoms with Crippen LogP contribution in [0.3, 0.4) is 0 Å². The minimum Gasteiger partial charge on any atom is -0.344 e. The van der Waals surface area contributed by atoms with Gasteiger partial charge in [-0.05, 0) is 54.2 Å². The number of likely N-dealkylation sites (N-methyl/N-ethyl adjacent to an activating group) is 1. The molecular weight excluding hydrogens is 303 g/mol. The molecule has 2 aromatic rings. The van der Waals surface area contributed by atoms with Crippen molar-refractivity contribution in [3.8, 4) is 11.1 Å². The highest BCUT2D eigenvalue weighted by atomic mass is 19.1. The first-order valence-electron chi connectivity index (χ1n) is 8.47. The van der Waals surface area contributed by atoms with Gasteiger partial charge in [-0.3, -0.25) is 10.1 Å². The van der Waals surface area contributed by atoms with Crippen molar-refractivity contribution in [1.29, 1.82) is 0 Å². The van der Waals surface area contributed by atoms with Gasteiger partial charge in [0.25, 0.3) is 0 Å². The van der Waals surface area contributed by atoms with E-state index in [4.69, 9.17) is 0 Å². The van der Waals surface area contributed by atoms with Crippen LogP contribution < -0.4 is 5.32 Å². The molecule has 0 saturated carbocycles. The van der Waals surface area contributed by atoms with Gasteiger partial charge in [0.05, 0.1) is 0 Å². The Morgan fingerprint density at radius 2 is 1.92 bits per heavy atom. The molecule has 0 aliphatic carbocycles. The van der Waals surface area contributed by atoms with Crippen molar-refractivity contribution in [2.24, 2.45) is 0 Å². The van der Waals surface area contributed by atoms with Gasteiger partial charge < -0.3 is 4.90 Å². The highest BCUT2D eigenvalue weighted by molar-refractivity contribution is 5.88. The number of carbonyl (C=O) groups excluding carboxylic acids is 1. The van der Waals surface area contributed by atoms with Crippen LogP contribution in [0.2, 0.25) is 0 Å². The van der Waals surface area contributed by atoms with Crippen LogP contribution in [0.4, 0.5) is 4.39 Å². The molecule has 4 heteroatoms. The van der Waals surface area contributed by atoms with E-state index in [0.29, 0.717) is 0 Å². The molecule has 124 valence electrons. The summed E-state index contributed by atoms with van der Waals surface area (Å²) in [6.45, 7) is 0.828. The number of likely N-dealkylation sites (tertiary alicyclic amines) is 1. The van der Waals surface area contributed by atoms with Gasteiger partial charge in [0.2, 0.25) is 5.91 Å². The number of rotatable bonds is 2. The monoisotopic (exact) mass is 324 g/mol. The van der Waals surface area contributed by atoms with E-state index < -0.39 is 0 Å². The Kier molecular flexibility index (Phi) is 3.65. The second-order valence-electron chi connectivity index (χ2n) is 6.93. The molecule has 0 radical (unpaired) electrons. The van der Waals surface area contributed by atoms with Crippen LogP contribution in [-0.4, -0.2) is 29.9 Å². The molecule has 3 nitrogen and oxygen atoms in total. The number of carbonyl (C=O) groups is 1. The van der Waals surface area contributed by atoms with Crippen molar-refractivity contribution in [3.05, 3.63) is 59.9 Å². The molecule has 24 heavy (non-hydrogen) atoms. The van der Waals surface area contributed by atoms with E-state index in [1.807, 2.05) is 24.1 Å². The zero-order valence-corrected chi connectivity index (χ0v) is 13.8. The summed E-state index contributed by atoms with van der Waals surface area (Å²) in [6.07, 6.45) is 2.74. The molecular formula is C20H21FN2O. The van der Waals surface area contributed by atoms with Crippen molar-refractivity contribution in [2.75, 3.05) is 13.6 Å². The van der Waals surface area contributed by atoms with Gasteiger partial charge >= 0.3 is 0 Å². The topological polar surface area (TPSA) is 32.3 Å². The minimum absolute atomic E-state index is 0.195. The summed E-state index contributed by atoms with van der Waals surface area (Å²) >= 11 is 0. The lowest BCUT2D eigenvalue weighted by molar-refractivity contribution is -0.131. The van der Waals surface area contributed by atoms with Crippen LogP contribution in [0.1, 0.15) is 30.9 Å². The quantitative estimate of drug-likeness (QED) is 0.917. The molecule has 2 aromatic carbocycles. The Bertz CT molecular complexity index is 773. The fraction of sp³-hybridized carbons (Fsp3) is 0.350. The van der Waals surface area contributed by atoms with E-state index in [-0.39, 0.29) is 23.3 Å². The molecule has 2 aliphatic rings. The lowest BCUT2D eigenvalue weighted by Crippen LogP contribution is -2.47. The number of amides is 1. The number of hydrogen-bond donors (Lipinski definition) is 1. The van der Waals surface area contributed by atoms with E-state index in [0.717, 1.165) is 36.9 Å². The Labute approximate surface area is 141 Å². The Morgan fingerprint density at radius 1 is 1.12 bits per heavy atom. The van der Waals surface area contributed by atoms with Gasteiger partial charge in [0, 0.05) is 19.6 Å². The lowest BCUT2D eigenvalue weighted by atomic mass is 9.95. The van der Waals surface area contributed by atoms with Gasteiger partial charge in [-0.2, -0.15) is 0 Å². The van der Waals surface area contributed by atoms with Gasteiger partial charge in [0.15, 0.2) is 0 Å². The van der Waals surface area contributed by atoms with E-state index in [2.05, 4.69) is 17.4 Å². The first kappa shape index (κ1) is 15.3. The van der Waals surface area contributed by atoms with Gasteiger partial charge in [-0.1, -0.05) is 30.3 Å². The molecule has 0 aromatic heterocycles. The summed E-state index contributed by atoms with van der Waals surface area (Å²) < 4.78 is 13.1. The number of hydrogen-bond acceptors (Lipinski definition) is 2. The second kappa shape index (κ2) is 5.71. The number of nitrogens with one attached hydrogen (secondary N) is 1. The van der Waals surface area contributed by atoms with Crippen LogP contribution in [0.15, 0.2) is 48.5 Å². The SMILES string of the molecule is CN1CC[C@@]2(CC[C@@H](c3cccc(-c4ccc(F)cc4)c3)N2)C1=O. The molecule has 0 bridgehead atoms. The number of nitrogens with zero attached hydrogens (tertiary/aromatic N) is 1. The predicted octanol–water partition coefficient (Wildman–Crippen LogP) is 3.52. The fourth-order valence-corrected chi connectivity index (χ4v) is 3.99. The average molecular weight is 324 g/mol. The minimum atomic E-state index is -0.370. The highest BCUT2D eigenvalue weighted by Gasteiger charge is 2.49. The maximum Gasteiger partial charge on any atom is 0.242 e. The first-order chi connectivity index (χ1) is 11.6. The second-order valence-corrected chi connectivity index (χ2v) is 6.93. The summed E-state index contributed by atoms with van der Waals surface area (Å²) in [5.41, 5.74) is 2.90. The molecule has 2 saturated heterocycles. The van der Waals surface area contributed by atoms with Gasteiger partial charge in [-0.25, -0.2) is 4.39 Å². The van der Waals surface area contributed by atoms with Crippen molar-refractivity contribution < 1.29 is 9.18 Å². The van der Waals surface area contributed by atoms with E-state index in [9.17, 15) is 9.18 Å². The fourth-order valence-electron chi connectivity index (χ4n) is 3.99. The van der Waals surface area contributed by atoms with Crippen molar-refractivity contribution in [1.82, 2.24) is 10.2 Å². The summed E-state index contributed by atoms with van der Waals surface area (Å²) in [6, 6.07) is 15.1. The Balaban J connectivity index is 1.59. The summed E-state index contributed by atoms with van der Waals surface area (Å²) in [7, 11) is 1.88. The molecule has 2 heterocycles. The van der Waals surface area contributed by atoms with E-state index >= 15 is 0 Å². The van der Waals surface area contributed by atoms with Crippen LogP contribution in [0.25, 0.3) is 11.1 Å². The normalized spacial score (nSPS) is 26.5. The molecule has 0 unspecified atom stereocenters. The highest BCUT2D eigenvalue weighted by Crippen LogP contribution is 2.39. The van der Waals surface area contributed by atoms with Gasteiger partial charge in [-0.15, -0.1) is 0 Å². The predicted molar refractivity (Wildman–Crippen MR) is 91.9 cm³/mol. The summed E-state index contributed by atoms with van der Waals surface area (Å²) in [5.74, 6) is -0.00198. The van der Waals surface area contributed by atoms with Crippen molar-refractivity contribution in [2.45, 2.75) is 30.8 Å².